The lowest BCUT2D eigenvalue weighted by Crippen LogP contribution is -2.62. The zero-order chi connectivity index (χ0) is 62.3. The molecule has 0 fully saturated rings. The number of carbonyl (C=O) groups excluding carboxylic acids is 10. The Labute approximate surface area is 499 Å². The number of rotatable bonds is 37. The van der Waals surface area contributed by atoms with Gasteiger partial charge in [-0.05, 0) is 90.0 Å². The Morgan fingerprint density at radius 2 is 1.07 bits per heavy atom. The molecular formula is C55H85N15O12S2. The van der Waals surface area contributed by atoms with Crippen molar-refractivity contribution in [3.63, 3.8) is 0 Å². The first kappa shape index (κ1) is 70.8. The van der Waals surface area contributed by atoms with Gasteiger partial charge in [-0.3, -0.25) is 52.9 Å². The smallest absolute Gasteiger partial charge is 0.245 e. The molecule has 0 aliphatic rings. The van der Waals surface area contributed by atoms with Crippen molar-refractivity contribution >= 4 is 101 Å². The number of unbranched alkanes of at least 4 members (excludes halogenated alkanes) is 2. The van der Waals surface area contributed by atoms with E-state index in [2.05, 4.69) is 93.7 Å². The summed E-state index contributed by atoms with van der Waals surface area (Å²) in [6.45, 7) is 9.04. The molecule has 0 radical (unpaired) electrons. The largest absolute Gasteiger partial charge is 0.391 e. The van der Waals surface area contributed by atoms with Crippen LogP contribution in [0.2, 0.25) is 0 Å². The van der Waals surface area contributed by atoms with Crippen LogP contribution in [0.5, 0.6) is 0 Å². The number of para-hydroxylation sites is 1. The Hall–Kier alpha value is -7.47. The number of aliphatic hydroxyl groups is 2. The van der Waals surface area contributed by atoms with Crippen LogP contribution in [0.1, 0.15) is 84.3 Å². The molecule has 1 aromatic heterocycles. The zero-order valence-electron chi connectivity index (χ0n) is 48.1. The molecule has 464 valence electrons. The van der Waals surface area contributed by atoms with E-state index in [1.807, 2.05) is 19.9 Å². The van der Waals surface area contributed by atoms with Gasteiger partial charge >= 0.3 is 0 Å². The highest BCUT2D eigenvalue weighted by molar-refractivity contribution is 7.80. The number of aliphatic hydroxyl groups excluding tert-OH is 2. The Morgan fingerprint density at radius 3 is 1.64 bits per heavy atom. The highest BCUT2D eigenvalue weighted by Crippen LogP contribution is 2.20. The second-order valence-corrected chi connectivity index (χ2v) is 20.6. The van der Waals surface area contributed by atoms with E-state index in [0.29, 0.717) is 66.9 Å². The molecule has 1 heterocycles. The molecule has 0 saturated carbocycles. The molecule has 29 heteroatoms. The van der Waals surface area contributed by atoms with Crippen LogP contribution in [0.25, 0.3) is 10.9 Å². The number of hydrogen-bond acceptors (Lipinski definition) is 16. The number of nitrogens with zero attached hydrogens (tertiary/aromatic N) is 1. The summed E-state index contributed by atoms with van der Waals surface area (Å²) in [7, 11) is 0. The molecule has 0 spiro atoms. The number of aromatic amines is 1. The van der Waals surface area contributed by atoms with E-state index in [0.717, 1.165) is 0 Å². The van der Waals surface area contributed by atoms with Crippen LogP contribution in [0, 0.1) is 0 Å². The van der Waals surface area contributed by atoms with E-state index in [1.54, 1.807) is 54.7 Å². The van der Waals surface area contributed by atoms with Crippen molar-refractivity contribution in [2.24, 2.45) is 16.5 Å². The number of amides is 10. The maximum Gasteiger partial charge on any atom is 0.245 e. The van der Waals surface area contributed by atoms with Gasteiger partial charge in [-0.1, -0.05) is 48.5 Å². The minimum atomic E-state index is -1.72. The number of benzene rings is 2. The van der Waals surface area contributed by atoms with Crippen molar-refractivity contribution in [2.75, 3.05) is 44.2 Å². The first-order valence-electron chi connectivity index (χ1n) is 27.9. The Morgan fingerprint density at radius 1 is 0.571 bits per heavy atom. The minimum Gasteiger partial charge on any atom is -0.391 e. The molecule has 3 rings (SSSR count). The van der Waals surface area contributed by atoms with Crippen molar-refractivity contribution in [3.8, 4) is 0 Å². The topological polar surface area (TPSA) is 424 Å². The molecule has 18 N–H and O–H groups in total. The molecule has 0 saturated heterocycles. The van der Waals surface area contributed by atoms with E-state index in [-0.39, 0.29) is 50.2 Å². The van der Waals surface area contributed by atoms with Crippen LogP contribution in [0.15, 0.2) is 65.8 Å². The second kappa shape index (κ2) is 37.7. The Kier molecular flexibility index (Phi) is 31.8. The third-order valence-electron chi connectivity index (χ3n) is 13.0. The van der Waals surface area contributed by atoms with Gasteiger partial charge in [0.1, 0.15) is 48.3 Å². The van der Waals surface area contributed by atoms with E-state index in [1.165, 1.54) is 20.8 Å². The molecule has 10 amide bonds. The number of aromatic nitrogens is 1. The average molecular weight is 1210 g/mol. The molecule has 84 heavy (non-hydrogen) atoms. The van der Waals surface area contributed by atoms with Crippen LogP contribution in [-0.4, -0.2) is 185 Å². The molecule has 27 nitrogen and oxygen atoms in total. The van der Waals surface area contributed by atoms with Gasteiger partial charge < -0.3 is 85.1 Å². The van der Waals surface area contributed by atoms with Gasteiger partial charge in [0.25, 0.3) is 0 Å². The molecule has 0 bridgehead atoms. The van der Waals surface area contributed by atoms with Gasteiger partial charge in [0.15, 0.2) is 5.96 Å². The monoisotopic (exact) mass is 1210 g/mol. The van der Waals surface area contributed by atoms with Crippen LogP contribution in [0.4, 0.5) is 0 Å². The number of H-pyrrole nitrogens is 1. The fourth-order valence-electron chi connectivity index (χ4n) is 8.57. The molecular weight excluding hydrogens is 1130 g/mol. The lowest BCUT2D eigenvalue weighted by molar-refractivity contribution is -0.137. The first-order chi connectivity index (χ1) is 40.1. The molecule has 0 aliphatic heterocycles. The van der Waals surface area contributed by atoms with E-state index in [4.69, 9.17) is 11.5 Å². The van der Waals surface area contributed by atoms with Crippen molar-refractivity contribution in [2.45, 2.75) is 147 Å². The Balaban J connectivity index is 1.88. The van der Waals surface area contributed by atoms with Crippen LogP contribution in [-0.2, 0) is 60.8 Å². The lowest BCUT2D eigenvalue weighted by Gasteiger charge is -2.28. The number of fused-ring (bicyclic) bond motifs is 1. The van der Waals surface area contributed by atoms with E-state index in [9.17, 15) is 58.2 Å². The number of hydrogen-bond donors (Lipinski definition) is 18. The summed E-state index contributed by atoms with van der Waals surface area (Å²) in [5.41, 5.74) is 13.0. The lowest BCUT2D eigenvalue weighted by atomic mass is 10.0. The van der Waals surface area contributed by atoms with Crippen LogP contribution >= 0.6 is 25.3 Å². The normalized spacial score (nSPS) is 14.6. The number of nitrogens with two attached hydrogens (primary N) is 2. The predicted molar refractivity (Wildman–Crippen MR) is 323 cm³/mol. The number of aliphatic imine (C=N–C) groups is 1. The van der Waals surface area contributed by atoms with Crippen molar-refractivity contribution in [1.29, 1.82) is 0 Å². The fourth-order valence-corrected chi connectivity index (χ4v) is 9.08. The van der Waals surface area contributed by atoms with E-state index >= 15 is 0 Å². The summed E-state index contributed by atoms with van der Waals surface area (Å²) in [4.78, 5) is 143. The van der Waals surface area contributed by atoms with Crippen LogP contribution in [0.3, 0.4) is 0 Å². The zero-order valence-corrected chi connectivity index (χ0v) is 49.9. The molecule has 3 aromatic rings. The number of nitrogens with one attached hydrogen (secondary N) is 12. The predicted octanol–water partition coefficient (Wildman–Crippen LogP) is -3.05. The third-order valence-corrected chi connectivity index (χ3v) is 13.7. The maximum atomic E-state index is 14.7. The molecule has 0 aliphatic carbocycles. The summed E-state index contributed by atoms with van der Waals surface area (Å²) in [6, 6.07) is 4.56. The Bertz CT molecular complexity index is 2670. The maximum absolute atomic E-state index is 14.7. The highest BCUT2D eigenvalue weighted by Gasteiger charge is 2.36. The summed E-state index contributed by atoms with van der Waals surface area (Å²) in [6.07, 6.45) is 0.446. The fraction of sp³-hybridized carbons (Fsp3) is 0.545. The van der Waals surface area contributed by atoms with Gasteiger partial charge in [-0.2, -0.15) is 25.3 Å². The number of carbonyl (C=O) groups is 10. The first-order valence-corrected chi connectivity index (χ1v) is 29.2. The van der Waals surface area contributed by atoms with Gasteiger partial charge in [0.05, 0.1) is 18.8 Å². The SMILES string of the molecule is CCNC(=NCCCC[C@@H](NC(C)=O)C(=O)NCC(=O)N[C@@H](CS)C(=O)N[C@@H](Cc1ccccc1)C(=O)N[C@H](Cc1c[nH]c2ccccc12)C(=O)N[C@@H](CCCCN)C(=O)N[C@H](C(=O)N[C@@H](CS)C(=O)N[C@H](C(N)=O)[C@@H](C)O)[C@@H](C)O)NCC. The van der Waals surface area contributed by atoms with E-state index < -0.39 is 126 Å². The second-order valence-electron chi connectivity index (χ2n) is 19.9. The van der Waals surface area contributed by atoms with Crippen molar-refractivity contribution in [3.05, 3.63) is 71.9 Å². The number of primary amides is 1. The van der Waals surface area contributed by atoms with Gasteiger partial charge in [0.2, 0.25) is 59.1 Å². The van der Waals surface area contributed by atoms with Crippen LogP contribution < -0.4 is 70.0 Å². The highest BCUT2D eigenvalue weighted by atomic mass is 32.1. The average Bonchev–Trinajstić information content (AvgIpc) is 4.13. The molecule has 2 aromatic carbocycles. The minimum absolute atomic E-state index is 0.0408. The summed E-state index contributed by atoms with van der Waals surface area (Å²) >= 11 is 8.43. The molecule has 0 unspecified atom stereocenters. The van der Waals surface area contributed by atoms with Gasteiger partial charge in [-0.15, -0.1) is 0 Å². The summed E-state index contributed by atoms with van der Waals surface area (Å²) in [5, 5.41) is 50.6. The number of thiol groups is 2. The summed E-state index contributed by atoms with van der Waals surface area (Å²) in [5.74, 6) is -8.34. The van der Waals surface area contributed by atoms with Gasteiger partial charge in [0, 0.05) is 68.0 Å². The summed E-state index contributed by atoms with van der Waals surface area (Å²) < 4.78 is 0. The number of guanidine groups is 1. The standard InChI is InChI=1S/C55H85N15O12S2/c1-6-58-55(59-7-2)60-24-16-14-22-38(63-33(5)73)48(76)62-28-44(74)64-42(29-83)52(80)66-40(25-34-17-9-8-10-18-34)50(78)67-41(26-35-27-61-37-20-12-11-19-36(35)37)51(79)65-39(21-13-15-23-56)49(77)70-46(32(4)72)54(82)68-43(30-84)53(81)69-45(31(3)71)47(57)75/h8-12,17-20,27,31-32,38-43,45-46,61,71-72,83-84H,6-7,13-16,21-26,28-30,56H2,1-5H3,(H2,57,75)(H,62,76)(H,63,73)(H,64,74)(H,65,79)(H,66,80)(H,67,78)(H,68,82)(H,69,81)(H,70,77)(H2,58,59,60)/t31-,32-,38-,39+,40+,41-,42+,43+,45+,46+/m1/s1. The van der Waals surface area contributed by atoms with Gasteiger partial charge in [-0.25, -0.2) is 0 Å². The third kappa shape index (κ3) is 24.4. The quantitative estimate of drug-likeness (QED) is 0.0118. The van der Waals surface area contributed by atoms with Crippen molar-refractivity contribution in [1.82, 2.24) is 63.5 Å². The van der Waals surface area contributed by atoms with Crippen molar-refractivity contribution < 1.29 is 58.2 Å². The molecule has 10 atom stereocenters.